The molecule has 1 aromatic heterocycles. The highest BCUT2D eigenvalue weighted by molar-refractivity contribution is 7.99. The number of aromatic nitrogens is 3. The molecule has 0 aliphatic heterocycles. The van der Waals surface area contributed by atoms with Crippen LogP contribution in [0, 0.1) is 0 Å². The van der Waals surface area contributed by atoms with Crippen LogP contribution < -0.4 is 10.6 Å². The normalized spacial score (nSPS) is 10.4. The van der Waals surface area contributed by atoms with Crippen molar-refractivity contribution in [3.05, 3.63) is 70.5 Å². The third-order valence-corrected chi connectivity index (χ3v) is 5.06. The van der Waals surface area contributed by atoms with Gasteiger partial charge in [0.1, 0.15) is 5.82 Å². The van der Waals surface area contributed by atoms with Gasteiger partial charge < -0.3 is 15.4 Å². The number of H-pyrrole nitrogens is 1. The number of aromatic amines is 1. The molecular formula is C20H18ClN5O4S. The minimum atomic E-state index is -0.446. The average molecular weight is 460 g/mol. The first-order valence-electron chi connectivity index (χ1n) is 9.00. The first-order chi connectivity index (χ1) is 14.9. The Hall–Kier alpha value is -3.37. The van der Waals surface area contributed by atoms with Gasteiger partial charge in [-0.25, -0.2) is 9.78 Å². The maximum Gasteiger partial charge on any atom is 0.337 e. The number of nitrogens with one attached hydrogen (secondary N) is 3. The first kappa shape index (κ1) is 22.3. The fraction of sp³-hybridized carbons (Fsp3) is 0.150. The molecule has 0 aliphatic carbocycles. The minimum Gasteiger partial charge on any atom is -0.465 e. The molecule has 0 saturated carbocycles. The van der Waals surface area contributed by atoms with Crippen molar-refractivity contribution in [3.8, 4) is 0 Å². The van der Waals surface area contributed by atoms with Gasteiger partial charge in [-0.15, -0.1) is 5.10 Å². The van der Waals surface area contributed by atoms with E-state index < -0.39 is 5.97 Å². The molecule has 3 rings (SSSR count). The SMILES string of the molecule is COC(=O)c1ccc(NC(=O)CSc2n[nH]c(CNC(=O)c3ccc(Cl)cc3)n2)cc1. The average Bonchev–Trinajstić information content (AvgIpc) is 3.24. The maximum atomic E-state index is 12.1. The van der Waals surface area contributed by atoms with Gasteiger partial charge in [0.05, 0.1) is 25.0 Å². The second-order valence-corrected chi connectivity index (χ2v) is 7.54. The molecule has 0 aliphatic rings. The second-order valence-electron chi connectivity index (χ2n) is 6.16. The lowest BCUT2D eigenvalue weighted by Crippen LogP contribution is -2.23. The standard InChI is InChI=1S/C20H18ClN5O4S/c1-30-19(29)13-4-8-15(9-5-13)23-17(27)11-31-20-24-16(25-26-20)10-22-18(28)12-2-6-14(21)7-3-12/h2-9H,10-11H2,1H3,(H,22,28)(H,23,27)(H,24,25,26). The van der Waals surface area contributed by atoms with E-state index in [1.807, 2.05) is 0 Å². The smallest absolute Gasteiger partial charge is 0.337 e. The number of carbonyl (C=O) groups excluding carboxylic acids is 3. The van der Waals surface area contributed by atoms with E-state index in [4.69, 9.17) is 11.6 Å². The number of carbonyl (C=O) groups is 3. The Kier molecular flexibility index (Phi) is 7.63. The van der Waals surface area contributed by atoms with Gasteiger partial charge >= 0.3 is 5.97 Å². The van der Waals surface area contributed by atoms with E-state index in [1.165, 1.54) is 7.11 Å². The molecule has 0 unspecified atom stereocenters. The Morgan fingerprint density at radius 2 is 1.74 bits per heavy atom. The van der Waals surface area contributed by atoms with E-state index in [2.05, 4.69) is 30.6 Å². The van der Waals surface area contributed by atoms with E-state index in [-0.39, 0.29) is 24.1 Å². The number of hydrogen-bond donors (Lipinski definition) is 3. The Bertz CT molecular complexity index is 1070. The number of ether oxygens (including phenoxy) is 1. The van der Waals surface area contributed by atoms with Crippen LogP contribution in [0.5, 0.6) is 0 Å². The predicted octanol–water partition coefficient (Wildman–Crippen LogP) is 2.91. The number of anilines is 1. The van der Waals surface area contributed by atoms with Gasteiger partial charge in [0, 0.05) is 16.3 Å². The fourth-order valence-corrected chi connectivity index (χ4v) is 3.17. The van der Waals surface area contributed by atoms with Gasteiger partial charge in [-0.3, -0.25) is 14.7 Å². The van der Waals surface area contributed by atoms with E-state index in [9.17, 15) is 14.4 Å². The van der Waals surface area contributed by atoms with Crippen LogP contribution in [0.25, 0.3) is 0 Å². The van der Waals surface area contributed by atoms with Crippen LogP contribution in [-0.4, -0.2) is 45.8 Å². The number of esters is 1. The molecule has 31 heavy (non-hydrogen) atoms. The topological polar surface area (TPSA) is 126 Å². The van der Waals surface area contributed by atoms with Crippen LogP contribution in [0.15, 0.2) is 53.7 Å². The molecule has 2 amide bonds. The maximum absolute atomic E-state index is 12.1. The molecule has 0 bridgehead atoms. The summed E-state index contributed by atoms with van der Waals surface area (Å²) in [6.45, 7) is 0.160. The minimum absolute atomic E-state index is 0.0905. The third-order valence-electron chi connectivity index (χ3n) is 3.96. The molecule has 3 N–H and O–H groups in total. The van der Waals surface area contributed by atoms with Crippen molar-refractivity contribution in [2.45, 2.75) is 11.7 Å². The molecule has 11 heteroatoms. The summed E-state index contributed by atoms with van der Waals surface area (Å²) < 4.78 is 4.63. The summed E-state index contributed by atoms with van der Waals surface area (Å²) >= 11 is 6.96. The molecule has 0 fully saturated rings. The van der Waals surface area contributed by atoms with Crippen LogP contribution >= 0.6 is 23.4 Å². The summed E-state index contributed by atoms with van der Waals surface area (Å²) in [5, 5.41) is 13.1. The van der Waals surface area contributed by atoms with Gasteiger partial charge in [0.2, 0.25) is 11.1 Å². The molecule has 0 saturated heterocycles. The lowest BCUT2D eigenvalue weighted by Gasteiger charge is -2.05. The molecule has 0 spiro atoms. The molecule has 9 nitrogen and oxygen atoms in total. The van der Waals surface area contributed by atoms with Crippen LogP contribution in [-0.2, 0) is 16.1 Å². The monoisotopic (exact) mass is 459 g/mol. The summed E-state index contributed by atoms with van der Waals surface area (Å²) in [6, 6.07) is 12.9. The van der Waals surface area contributed by atoms with Crippen LogP contribution in [0.4, 0.5) is 5.69 Å². The molecule has 3 aromatic rings. The second kappa shape index (κ2) is 10.6. The summed E-state index contributed by atoms with van der Waals surface area (Å²) in [5.41, 5.74) is 1.43. The molecule has 0 radical (unpaired) electrons. The molecular weight excluding hydrogens is 442 g/mol. The van der Waals surface area contributed by atoms with E-state index in [1.54, 1.807) is 48.5 Å². The lowest BCUT2D eigenvalue weighted by atomic mass is 10.2. The first-order valence-corrected chi connectivity index (χ1v) is 10.4. The van der Waals surface area contributed by atoms with Gasteiger partial charge in [0.15, 0.2) is 0 Å². The quantitative estimate of drug-likeness (QED) is 0.349. The number of methoxy groups -OCH3 is 1. The van der Waals surface area contributed by atoms with Gasteiger partial charge in [-0.2, -0.15) is 0 Å². The van der Waals surface area contributed by atoms with Crippen molar-refractivity contribution in [3.63, 3.8) is 0 Å². The van der Waals surface area contributed by atoms with Gasteiger partial charge in [-0.1, -0.05) is 23.4 Å². The highest BCUT2D eigenvalue weighted by atomic mass is 35.5. The van der Waals surface area contributed by atoms with Crippen molar-refractivity contribution in [2.75, 3.05) is 18.2 Å². The van der Waals surface area contributed by atoms with Crippen molar-refractivity contribution < 1.29 is 19.1 Å². The Morgan fingerprint density at radius 1 is 1.06 bits per heavy atom. The van der Waals surface area contributed by atoms with E-state index >= 15 is 0 Å². The fourth-order valence-electron chi connectivity index (χ4n) is 2.42. The number of amides is 2. The summed E-state index contributed by atoms with van der Waals surface area (Å²) in [7, 11) is 1.30. The van der Waals surface area contributed by atoms with E-state index in [0.717, 1.165) is 11.8 Å². The highest BCUT2D eigenvalue weighted by Crippen LogP contribution is 2.15. The number of rotatable bonds is 8. The van der Waals surface area contributed by atoms with Crippen molar-refractivity contribution >= 4 is 46.8 Å². The van der Waals surface area contributed by atoms with Crippen molar-refractivity contribution in [1.29, 1.82) is 0 Å². The Labute approximate surface area is 186 Å². The Balaban J connectivity index is 1.44. The van der Waals surface area contributed by atoms with Crippen LogP contribution in [0.3, 0.4) is 0 Å². The molecule has 2 aromatic carbocycles. The lowest BCUT2D eigenvalue weighted by molar-refractivity contribution is -0.113. The van der Waals surface area contributed by atoms with Crippen LogP contribution in [0.1, 0.15) is 26.5 Å². The van der Waals surface area contributed by atoms with Crippen molar-refractivity contribution in [1.82, 2.24) is 20.5 Å². The van der Waals surface area contributed by atoms with Gasteiger partial charge in [0.25, 0.3) is 5.91 Å². The molecule has 0 atom stereocenters. The Morgan fingerprint density at radius 3 is 2.42 bits per heavy atom. The number of thioether (sulfide) groups is 1. The number of nitrogens with zero attached hydrogens (tertiary/aromatic N) is 2. The number of hydrogen-bond acceptors (Lipinski definition) is 7. The summed E-state index contributed by atoms with van der Waals surface area (Å²) in [4.78, 5) is 39.9. The third kappa shape index (κ3) is 6.56. The zero-order chi connectivity index (χ0) is 22.2. The summed E-state index contributed by atoms with van der Waals surface area (Å²) in [6.07, 6.45) is 0. The van der Waals surface area contributed by atoms with Gasteiger partial charge in [-0.05, 0) is 48.5 Å². The predicted molar refractivity (Wildman–Crippen MR) is 116 cm³/mol. The summed E-state index contributed by atoms with van der Waals surface area (Å²) in [5.74, 6) is -0.410. The molecule has 160 valence electrons. The largest absolute Gasteiger partial charge is 0.465 e. The zero-order valence-electron chi connectivity index (χ0n) is 16.3. The number of benzene rings is 2. The number of halogens is 1. The zero-order valence-corrected chi connectivity index (χ0v) is 17.9. The van der Waals surface area contributed by atoms with Crippen LogP contribution in [0.2, 0.25) is 5.02 Å². The van der Waals surface area contributed by atoms with Crippen molar-refractivity contribution in [2.24, 2.45) is 0 Å². The van der Waals surface area contributed by atoms with E-state index in [0.29, 0.717) is 32.8 Å². The molecule has 1 heterocycles. The highest BCUT2D eigenvalue weighted by Gasteiger charge is 2.11.